The summed E-state index contributed by atoms with van der Waals surface area (Å²) in [6.45, 7) is 0.408. The molecule has 0 saturated heterocycles. The molecule has 7 heteroatoms. The van der Waals surface area contributed by atoms with Crippen molar-refractivity contribution in [1.82, 2.24) is 14.7 Å². The van der Waals surface area contributed by atoms with E-state index in [1.54, 1.807) is 23.3 Å². The standard InChI is InChI=1S/C21H18N4O2S/c1-23(21(26)16-9-11-24(27)12-10-16)14-17-15-25(18-6-3-2-4-7-18)22-20(17)19-8-5-13-28-19/h2-13,15H,14H2,1H3. The number of nitrogens with zero attached hydrogens (tertiary/aromatic N) is 4. The highest BCUT2D eigenvalue weighted by atomic mass is 32.1. The third-order valence-electron chi connectivity index (χ3n) is 4.37. The van der Waals surface area contributed by atoms with Gasteiger partial charge in [0.15, 0.2) is 12.4 Å². The van der Waals surface area contributed by atoms with Gasteiger partial charge in [-0.15, -0.1) is 11.3 Å². The number of para-hydroxylation sites is 1. The quantitative estimate of drug-likeness (QED) is 0.387. The molecule has 4 aromatic rings. The molecule has 0 spiro atoms. The number of carbonyl (C=O) groups excluding carboxylic acids is 1. The maximum absolute atomic E-state index is 12.7. The molecule has 0 bridgehead atoms. The molecule has 3 aromatic heterocycles. The van der Waals surface area contributed by atoms with Gasteiger partial charge in [0.05, 0.1) is 16.1 Å². The minimum atomic E-state index is -0.148. The highest BCUT2D eigenvalue weighted by Crippen LogP contribution is 2.28. The summed E-state index contributed by atoms with van der Waals surface area (Å²) in [7, 11) is 1.75. The van der Waals surface area contributed by atoms with Crippen LogP contribution in [-0.2, 0) is 6.54 Å². The van der Waals surface area contributed by atoms with Crippen LogP contribution < -0.4 is 4.73 Å². The second kappa shape index (κ2) is 7.66. The molecule has 28 heavy (non-hydrogen) atoms. The van der Waals surface area contributed by atoms with E-state index in [2.05, 4.69) is 0 Å². The Kier molecular flexibility index (Phi) is 4.90. The van der Waals surface area contributed by atoms with Gasteiger partial charge >= 0.3 is 0 Å². The van der Waals surface area contributed by atoms with Gasteiger partial charge in [0.2, 0.25) is 0 Å². The maximum Gasteiger partial charge on any atom is 0.254 e. The van der Waals surface area contributed by atoms with Crippen molar-refractivity contribution in [1.29, 1.82) is 0 Å². The summed E-state index contributed by atoms with van der Waals surface area (Å²) >= 11 is 1.62. The molecule has 0 radical (unpaired) electrons. The molecular weight excluding hydrogens is 372 g/mol. The van der Waals surface area contributed by atoms with E-state index in [0.29, 0.717) is 16.8 Å². The topological polar surface area (TPSA) is 65.1 Å². The van der Waals surface area contributed by atoms with Gasteiger partial charge in [0.1, 0.15) is 5.69 Å². The number of rotatable bonds is 5. The van der Waals surface area contributed by atoms with Gasteiger partial charge in [-0.3, -0.25) is 4.79 Å². The zero-order chi connectivity index (χ0) is 19.5. The average molecular weight is 390 g/mol. The average Bonchev–Trinajstić information content (AvgIpc) is 3.38. The number of carbonyl (C=O) groups is 1. The van der Waals surface area contributed by atoms with Crippen molar-refractivity contribution in [3.63, 3.8) is 0 Å². The molecule has 3 heterocycles. The van der Waals surface area contributed by atoms with Crippen molar-refractivity contribution >= 4 is 17.2 Å². The highest BCUT2D eigenvalue weighted by Gasteiger charge is 2.18. The van der Waals surface area contributed by atoms with Crippen LogP contribution in [0.5, 0.6) is 0 Å². The molecule has 140 valence electrons. The van der Waals surface area contributed by atoms with Crippen LogP contribution >= 0.6 is 11.3 Å². The van der Waals surface area contributed by atoms with E-state index in [1.165, 1.54) is 24.5 Å². The van der Waals surface area contributed by atoms with Crippen LogP contribution in [0.1, 0.15) is 15.9 Å². The van der Waals surface area contributed by atoms with Crippen LogP contribution in [0.4, 0.5) is 0 Å². The second-order valence-corrected chi connectivity index (χ2v) is 7.32. The molecule has 0 N–H and O–H groups in total. The number of hydrogen-bond acceptors (Lipinski definition) is 4. The molecule has 0 aliphatic heterocycles. The zero-order valence-corrected chi connectivity index (χ0v) is 16.0. The minimum Gasteiger partial charge on any atom is -0.619 e. The van der Waals surface area contributed by atoms with E-state index in [9.17, 15) is 10.0 Å². The van der Waals surface area contributed by atoms with Crippen LogP contribution in [0.3, 0.4) is 0 Å². The second-order valence-electron chi connectivity index (χ2n) is 6.37. The molecule has 0 aliphatic rings. The number of aromatic nitrogens is 3. The van der Waals surface area contributed by atoms with Crippen LogP contribution in [0.15, 0.2) is 78.6 Å². The minimum absolute atomic E-state index is 0.148. The molecule has 6 nitrogen and oxygen atoms in total. The van der Waals surface area contributed by atoms with Crippen molar-refractivity contribution in [2.75, 3.05) is 7.05 Å². The van der Waals surface area contributed by atoms with Gasteiger partial charge in [-0.1, -0.05) is 24.3 Å². The van der Waals surface area contributed by atoms with E-state index in [4.69, 9.17) is 5.10 Å². The van der Waals surface area contributed by atoms with Crippen LogP contribution in [0.25, 0.3) is 16.3 Å². The molecule has 0 atom stereocenters. The van der Waals surface area contributed by atoms with Crippen molar-refractivity contribution in [3.05, 3.63) is 94.9 Å². The summed E-state index contributed by atoms with van der Waals surface area (Å²) in [5.74, 6) is -0.148. The molecular formula is C21H18N4O2S. The predicted octanol–water partition coefficient (Wildman–Crippen LogP) is 3.51. The van der Waals surface area contributed by atoms with Gasteiger partial charge in [-0.05, 0) is 23.6 Å². The first-order chi connectivity index (χ1) is 13.6. The molecule has 0 unspecified atom stereocenters. The Labute approximate surface area is 166 Å². The maximum atomic E-state index is 12.7. The lowest BCUT2D eigenvalue weighted by atomic mass is 10.2. The van der Waals surface area contributed by atoms with Crippen molar-refractivity contribution in [2.24, 2.45) is 0 Å². The monoisotopic (exact) mass is 390 g/mol. The van der Waals surface area contributed by atoms with E-state index in [1.807, 2.05) is 58.7 Å². The van der Waals surface area contributed by atoms with Gasteiger partial charge in [0.25, 0.3) is 5.91 Å². The van der Waals surface area contributed by atoms with Crippen LogP contribution in [0.2, 0.25) is 0 Å². The number of amides is 1. The summed E-state index contributed by atoms with van der Waals surface area (Å²) in [5.41, 5.74) is 3.26. The van der Waals surface area contributed by atoms with Gasteiger partial charge < -0.3 is 10.1 Å². The lowest BCUT2D eigenvalue weighted by Gasteiger charge is -2.16. The summed E-state index contributed by atoms with van der Waals surface area (Å²) in [4.78, 5) is 15.4. The summed E-state index contributed by atoms with van der Waals surface area (Å²) in [6.07, 6.45) is 4.61. The lowest BCUT2D eigenvalue weighted by molar-refractivity contribution is -0.605. The van der Waals surface area contributed by atoms with E-state index < -0.39 is 0 Å². The van der Waals surface area contributed by atoms with Crippen LogP contribution in [0, 0.1) is 5.21 Å². The largest absolute Gasteiger partial charge is 0.619 e. The van der Waals surface area contributed by atoms with E-state index in [-0.39, 0.29) is 5.91 Å². The Balaban J connectivity index is 1.65. The first kappa shape index (κ1) is 17.9. The smallest absolute Gasteiger partial charge is 0.254 e. The van der Waals surface area contributed by atoms with Gasteiger partial charge in [-0.2, -0.15) is 9.83 Å². The van der Waals surface area contributed by atoms with Crippen molar-refractivity contribution in [3.8, 4) is 16.3 Å². The summed E-state index contributed by atoms with van der Waals surface area (Å²) in [6, 6.07) is 17.0. The number of thiophene rings is 1. The molecule has 0 fully saturated rings. The summed E-state index contributed by atoms with van der Waals surface area (Å²) in [5, 5.41) is 18.0. The Morgan fingerprint density at radius 1 is 1.14 bits per heavy atom. The molecule has 0 saturated carbocycles. The highest BCUT2D eigenvalue weighted by molar-refractivity contribution is 7.13. The lowest BCUT2D eigenvalue weighted by Crippen LogP contribution is -2.29. The van der Waals surface area contributed by atoms with Gasteiger partial charge in [0, 0.05) is 37.5 Å². The zero-order valence-electron chi connectivity index (χ0n) is 15.2. The first-order valence-corrected chi connectivity index (χ1v) is 9.62. The fourth-order valence-electron chi connectivity index (χ4n) is 2.96. The van der Waals surface area contributed by atoms with Crippen LogP contribution in [-0.4, -0.2) is 27.6 Å². The Morgan fingerprint density at radius 2 is 1.89 bits per heavy atom. The summed E-state index contributed by atoms with van der Waals surface area (Å²) < 4.78 is 2.50. The van der Waals surface area contributed by atoms with E-state index >= 15 is 0 Å². The number of benzene rings is 1. The number of pyridine rings is 1. The Bertz CT molecular complexity index is 1070. The Morgan fingerprint density at radius 3 is 2.57 bits per heavy atom. The molecule has 1 aromatic carbocycles. The van der Waals surface area contributed by atoms with Crippen molar-refractivity contribution < 1.29 is 9.52 Å². The SMILES string of the molecule is CN(Cc1cn(-c2ccccc2)nc1-c1cccs1)C(=O)c1cc[n+]([O-])cc1. The Hall–Kier alpha value is -3.45. The normalized spacial score (nSPS) is 10.8. The molecule has 0 aliphatic carbocycles. The fourth-order valence-corrected chi connectivity index (χ4v) is 3.71. The van der Waals surface area contributed by atoms with Gasteiger partial charge in [-0.25, -0.2) is 4.68 Å². The fraction of sp³-hybridized carbons (Fsp3) is 0.0952. The van der Waals surface area contributed by atoms with Crippen molar-refractivity contribution in [2.45, 2.75) is 6.54 Å². The predicted molar refractivity (Wildman–Crippen MR) is 108 cm³/mol. The molecule has 1 amide bonds. The molecule has 4 rings (SSSR count). The number of hydrogen-bond donors (Lipinski definition) is 0. The third kappa shape index (κ3) is 3.65. The first-order valence-electron chi connectivity index (χ1n) is 8.74. The van der Waals surface area contributed by atoms with E-state index in [0.717, 1.165) is 21.8 Å². The third-order valence-corrected chi connectivity index (χ3v) is 5.25.